The van der Waals surface area contributed by atoms with Gasteiger partial charge in [-0.05, 0) is 48.8 Å². The summed E-state index contributed by atoms with van der Waals surface area (Å²) in [5.41, 5.74) is 1.39. The van der Waals surface area contributed by atoms with Crippen LogP contribution in [0, 0.1) is 11.8 Å². The van der Waals surface area contributed by atoms with Gasteiger partial charge < -0.3 is 9.47 Å². The largest absolute Gasteiger partial charge is 0.465 e. The van der Waals surface area contributed by atoms with Gasteiger partial charge in [-0.15, -0.1) is 0 Å². The molecule has 1 saturated carbocycles. The van der Waals surface area contributed by atoms with Crippen LogP contribution in [-0.4, -0.2) is 12.9 Å². The number of benzene rings is 1. The van der Waals surface area contributed by atoms with Crippen molar-refractivity contribution >= 4 is 0 Å². The minimum Gasteiger partial charge on any atom is -0.465 e. The predicted molar refractivity (Wildman–Crippen MR) is 96.9 cm³/mol. The van der Waals surface area contributed by atoms with E-state index < -0.39 is 0 Å². The first-order valence-electron chi connectivity index (χ1n) is 9.48. The molecule has 1 aromatic carbocycles. The molecule has 130 valence electrons. The highest BCUT2D eigenvalue weighted by Gasteiger charge is 2.26. The maximum absolute atomic E-state index is 6.25. The van der Waals surface area contributed by atoms with Crippen LogP contribution in [0.5, 0.6) is 5.75 Å². The fraction of sp³-hybridized carbons (Fsp3) is 0.714. The summed E-state index contributed by atoms with van der Waals surface area (Å²) in [7, 11) is 0. The highest BCUT2D eigenvalue weighted by atomic mass is 16.7. The molecule has 2 heteroatoms. The van der Waals surface area contributed by atoms with Gasteiger partial charge in [-0.3, -0.25) is 0 Å². The van der Waals surface area contributed by atoms with E-state index in [1.807, 2.05) is 0 Å². The van der Waals surface area contributed by atoms with Crippen LogP contribution in [-0.2, 0) is 4.74 Å². The Morgan fingerprint density at radius 1 is 1.00 bits per heavy atom. The molecular weight excluding hydrogens is 284 g/mol. The second kappa shape index (κ2) is 9.32. The number of ether oxygens (including phenoxy) is 2. The van der Waals surface area contributed by atoms with Crippen molar-refractivity contribution in [1.82, 2.24) is 0 Å². The Kier molecular flexibility index (Phi) is 7.42. The monoisotopic (exact) mass is 318 g/mol. The summed E-state index contributed by atoms with van der Waals surface area (Å²) in [6, 6.07) is 8.61. The Morgan fingerprint density at radius 3 is 2.22 bits per heavy atom. The molecule has 0 N–H and O–H groups in total. The number of rotatable bonds is 8. The topological polar surface area (TPSA) is 18.5 Å². The van der Waals surface area contributed by atoms with Gasteiger partial charge in [0.25, 0.3) is 0 Å². The maximum atomic E-state index is 6.25. The van der Waals surface area contributed by atoms with Crippen LogP contribution in [0.15, 0.2) is 24.3 Å². The first-order valence-corrected chi connectivity index (χ1v) is 9.48. The van der Waals surface area contributed by atoms with Gasteiger partial charge in [0.2, 0.25) is 6.29 Å². The van der Waals surface area contributed by atoms with Gasteiger partial charge in [0.1, 0.15) is 5.75 Å². The van der Waals surface area contributed by atoms with Crippen molar-refractivity contribution in [3.63, 3.8) is 0 Å². The van der Waals surface area contributed by atoms with Crippen LogP contribution in [0.4, 0.5) is 0 Å². The molecule has 0 amide bonds. The first kappa shape index (κ1) is 18.3. The Bertz CT molecular complexity index is 432. The number of hydrogen-bond donors (Lipinski definition) is 0. The van der Waals surface area contributed by atoms with Crippen LogP contribution in [0.3, 0.4) is 0 Å². The fourth-order valence-corrected chi connectivity index (χ4v) is 3.20. The van der Waals surface area contributed by atoms with Crippen molar-refractivity contribution < 1.29 is 9.47 Å². The van der Waals surface area contributed by atoms with Crippen molar-refractivity contribution in [2.75, 3.05) is 6.61 Å². The summed E-state index contributed by atoms with van der Waals surface area (Å²) >= 11 is 0. The molecule has 2 rings (SSSR count). The minimum atomic E-state index is -0.0906. The van der Waals surface area contributed by atoms with Crippen LogP contribution < -0.4 is 4.74 Å². The van der Waals surface area contributed by atoms with E-state index in [9.17, 15) is 0 Å². The zero-order chi connectivity index (χ0) is 16.7. The Hall–Kier alpha value is -1.02. The summed E-state index contributed by atoms with van der Waals surface area (Å²) in [4.78, 5) is 0. The molecule has 1 fully saturated rings. The lowest BCUT2D eigenvalue weighted by atomic mass is 9.88. The molecule has 0 saturated heterocycles. The van der Waals surface area contributed by atoms with Crippen LogP contribution >= 0.6 is 0 Å². The van der Waals surface area contributed by atoms with Crippen molar-refractivity contribution in [1.29, 1.82) is 0 Å². The van der Waals surface area contributed by atoms with Crippen molar-refractivity contribution in [3.05, 3.63) is 29.8 Å². The van der Waals surface area contributed by atoms with Gasteiger partial charge in [0.05, 0.1) is 6.61 Å². The molecule has 2 atom stereocenters. The van der Waals surface area contributed by atoms with E-state index in [1.54, 1.807) is 0 Å². The maximum Gasteiger partial charge on any atom is 0.202 e. The fourth-order valence-electron chi connectivity index (χ4n) is 3.20. The molecule has 2 nitrogen and oxygen atoms in total. The molecule has 1 aromatic rings. The molecule has 23 heavy (non-hydrogen) atoms. The Morgan fingerprint density at radius 2 is 1.65 bits per heavy atom. The van der Waals surface area contributed by atoms with Gasteiger partial charge in [-0.2, -0.15) is 0 Å². The van der Waals surface area contributed by atoms with E-state index in [0.29, 0.717) is 17.8 Å². The second-order valence-corrected chi connectivity index (χ2v) is 7.49. The van der Waals surface area contributed by atoms with Gasteiger partial charge in [-0.1, -0.05) is 59.1 Å². The summed E-state index contributed by atoms with van der Waals surface area (Å²) < 4.78 is 12.4. The lowest BCUT2D eigenvalue weighted by Gasteiger charge is -2.31. The molecule has 0 radical (unpaired) electrons. The summed E-state index contributed by atoms with van der Waals surface area (Å²) in [6.45, 7) is 9.66. The van der Waals surface area contributed by atoms with E-state index >= 15 is 0 Å². The van der Waals surface area contributed by atoms with E-state index in [0.717, 1.165) is 12.4 Å². The van der Waals surface area contributed by atoms with Crippen LogP contribution in [0.25, 0.3) is 0 Å². The zero-order valence-corrected chi connectivity index (χ0v) is 15.4. The third-order valence-electron chi connectivity index (χ3n) is 4.94. The molecule has 0 bridgehead atoms. The summed E-state index contributed by atoms with van der Waals surface area (Å²) in [5, 5.41) is 0. The smallest absolute Gasteiger partial charge is 0.202 e. The molecule has 0 aromatic heterocycles. The molecule has 0 aliphatic heterocycles. The van der Waals surface area contributed by atoms with Gasteiger partial charge in [0.15, 0.2) is 0 Å². The summed E-state index contributed by atoms with van der Waals surface area (Å²) in [6.07, 6.45) is 7.51. The minimum absolute atomic E-state index is 0.0906. The molecule has 2 unspecified atom stereocenters. The lowest BCUT2D eigenvalue weighted by Crippen LogP contribution is -2.32. The molecule has 1 aliphatic rings. The Labute approximate surface area is 142 Å². The third-order valence-corrected chi connectivity index (χ3v) is 4.94. The highest BCUT2D eigenvalue weighted by molar-refractivity contribution is 5.29. The molecular formula is C21H34O2. The SMILES string of the molecule is CCC(C)c1ccc(OC(OCC(C)C)C2CCCCC2)cc1. The van der Waals surface area contributed by atoms with Crippen molar-refractivity contribution in [2.45, 2.75) is 78.4 Å². The van der Waals surface area contributed by atoms with Gasteiger partial charge in [0, 0.05) is 5.92 Å². The standard InChI is InChI=1S/C21H34O2/c1-5-17(4)18-11-13-20(14-12-18)23-21(22-15-16(2)3)19-9-7-6-8-10-19/h11-14,16-17,19,21H,5-10,15H2,1-4H3. The van der Waals surface area contributed by atoms with Crippen LogP contribution in [0.1, 0.15) is 77.7 Å². The summed E-state index contributed by atoms with van der Waals surface area (Å²) in [5.74, 6) is 2.63. The lowest BCUT2D eigenvalue weighted by molar-refractivity contribution is -0.129. The first-order chi connectivity index (χ1) is 11.1. The number of hydrogen-bond acceptors (Lipinski definition) is 2. The van der Waals surface area contributed by atoms with E-state index in [2.05, 4.69) is 52.0 Å². The average Bonchev–Trinajstić information content (AvgIpc) is 2.59. The van der Waals surface area contributed by atoms with Crippen molar-refractivity contribution in [2.24, 2.45) is 11.8 Å². The second-order valence-electron chi connectivity index (χ2n) is 7.49. The van der Waals surface area contributed by atoms with Gasteiger partial charge >= 0.3 is 0 Å². The van der Waals surface area contributed by atoms with Crippen LogP contribution in [0.2, 0.25) is 0 Å². The predicted octanol–water partition coefficient (Wildman–Crippen LogP) is 6.16. The van der Waals surface area contributed by atoms with Gasteiger partial charge in [-0.25, -0.2) is 0 Å². The third kappa shape index (κ3) is 5.84. The van der Waals surface area contributed by atoms with E-state index in [4.69, 9.17) is 9.47 Å². The van der Waals surface area contributed by atoms with E-state index in [1.165, 1.54) is 44.1 Å². The van der Waals surface area contributed by atoms with Crippen molar-refractivity contribution in [3.8, 4) is 5.75 Å². The van der Waals surface area contributed by atoms with E-state index in [-0.39, 0.29) is 6.29 Å². The molecule has 1 aliphatic carbocycles. The normalized spacial score (nSPS) is 18.8. The molecule has 0 spiro atoms. The quantitative estimate of drug-likeness (QED) is 0.534. The average molecular weight is 319 g/mol. The Balaban J connectivity index is 2.00. The highest BCUT2D eigenvalue weighted by Crippen LogP contribution is 2.30. The zero-order valence-electron chi connectivity index (χ0n) is 15.4. The molecule has 0 heterocycles.